The summed E-state index contributed by atoms with van der Waals surface area (Å²) in [6.07, 6.45) is 3.72. The first-order valence-corrected chi connectivity index (χ1v) is 5.53. The molecule has 0 spiro atoms. The Labute approximate surface area is 124 Å². The molecule has 1 amide bonds. The molecule has 1 heterocycles. The molecule has 1 aromatic carbocycles. The number of halogens is 1. The molecule has 0 saturated heterocycles. The van der Waals surface area contributed by atoms with Crippen molar-refractivity contribution in [2.75, 3.05) is 0 Å². The Balaban J connectivity index is 0.00000162. The predicted molar refractivity (Wildman–Crippen MR) is 65.2 cm³/mol. The van der Waals surface area contributed by atoms with Gasteiger partial charge in [-0.3, -0.25) is 4.79 Å². The van der Waals surface area contributed by atoms with E-state index in [2.05, 4.69) is 5.32 Å². The second-order valence-electron chi connectivity index (χ2n) is 3.92. The number of amides is 1. The van der Waals surface area contributed by atoms with Gasteiger partial charge in [0.25, 0.3) is 5.91 Å². The Morgan fingerprint density at radius 2 is 1.72 bits per heavy atom. The van der Waals surface area contributed by atoms with E-state index in [-0.39, 0.29) is 29.9 Å². The third kappa shape index (κ3) is 4.10. The lowest BCUT2D eigenvalue weighted by Gasteiger charge is -2.04. The van der Waals surface area contributed by atoms with E-state index in [0.29, 0.717) is 12.1 Å². The van der Waals surface area contributed by atoms with Crippen molar-refractivity contribution in [3.63, 3.8) is 0 Å². The summed E-state index contributed by atoms with van der Waals surface area (Å²) >= 11 is 0. The highest BCUT2D eigenvalue weighted by Crippen LogP contribution is 1.99. The number of aryl methyl sites for hydroxylation is 1. The number of nitrogens with zero attached hydrogens (tertiary/aromatic N) is 1. The summed E-state index contributed by atoms with van der Waals surface area (Å²) in [5.74, 6) is -0.0468. The lowest BCUT2D eigenvalue weighted by atomic mass is 10.2. The molecule has 4 heteroatoms. The first-order valence-electron chi connectivity index (χ1n) is 5.53. The molecule has 2 aromatic rings. The van der Waals surface area contributed by atoms with Gasteiger partial charge >= 0.3 is 0 Å². The molecule has 0 bridgehead atoms. The van der Waals surface area contributed by atoms with Crippen molar-refractivity contribution in [2.24, 2.45) is 7.05 Å². The minimum absolute atomic E-state index is 0. The van der Waals surface area contributed by atoms with Crippen LogP contribution in [0.25, 0.3) is 0 Å². The van der Waals surface area contributed by atoms with Crippen LogP contribution >= 0.6 is 0 Å². The van der Waals surface area contributed by atoms with E-state index in [0.717, 1.165) is 5.56 Å². The molecule has 0 aliphatic carbocycles. The summed E-state index contributed by atoms with van der Waals surface area (Å²) in [6.45, 7) is 0.556. The quantitative estimate of drug-likeness (QED) is 0.525. The molecular formula is C14H15IN2O. The van der Waals surface area contributed by atoms with Crippen LogP contribution in [0.5, 0.6) is 0 Å². The average Bonchev–Trinajstić information content (AvgIpc) is 2.38. The van der Waals surface area contributed by atoms with Crippen LogP contribution in [0.15, 0.2) is 54.9 Å². The van der Waals surface area contributed by atoms with Crippen LogP contribution in [0, 0.1) is 0 Å². The third-order valence-electron chi connectivity index (χ3n) is 2.54. The minimum Gasteiger partial charge on any atom is -1.00 e. The van der Waals surface area contributed by atoms with Gasteiger partial charge in [0.05, 0.1) is 5.56 Å². The number of carbonyl (C=O) groups excluding carboxylic acids is 1. The van der Waals surface area contributed by atoms with Crippen molar-refractivity contribution in [1.29, 1.82) is 0 Å². The van der Waals surface area contributed by atoms with Gasteiger partial charge in [0.1, 0.15) is 7.05 Å². The number of rotatable bonds is 3. The van der Waals surface area contributed by atoms with Crippen molar-refractivity contribution >= 4 is 5.91 Å². The molecule has 0 aliphatic rings. The van der Waals surface area contributed by atoms with Crippen molar-refractivity contribution in [3.8, 4) is 0 Å². The minimum atomic E-state index is -0.0468. The van der Waals surface area contributed by atoms with Gasteiger partial charge in [0, 0.05) is 18.7 Å². The van der Waals surface area contributed by atoms with Crippen LogP contribution in [0.3, 0.4) is 0 Å². The number of pyridine rings is 1. The van der Waals surface area contributed by atoms with E-state index < -0.39 is 0 Å². The Morgan fingerprint density at radius 3 is 2.33 bits per heavy atom. The monoisotopic (exact) mass is 354 g/mol. The van der Waals surface area contributed by atoms with Gasteiger partial charge in [-0.15, -0.1) is 0 Å². The molecule has 1 aromatic heterocycles. The summed E-state index contributed by atoms with van der Waals surface area (Å²) < 4.78 is 1.90. The van der Waals surface area contributed by atoms with E-state index >= 15 is 0 Å². The van der Waals surface area contributed by atoms with E-state index in [4.69, 9.17) is 0 Å². The van der Waals surface area contributed by atoms with Gasteiger partial charge in [-0.05, 0) is 5.56 Å². The van der Waals surface area contributed by atoms with E-state index in [1.54, 1.807) is 12.1 Å². The lowest BCUT2D eigenvalue weighted by molar-refractivity contribution is -0.671. The molecule has 0 saturated carbocycles. The van der Waals surface area contributed by atoms with Gasteiger partial charge in [0.2, 0.25) is 0 Å². The molecular weight excluding hydrogens is 339 g/mol. The van der Waals surface area contributed by atoms with Crippen LogP contribution in [0.2, 0.25) is 0 Å². The summed E-state index contributed by atoms with van der Waals surface area (Å²) in [5, 5.41) is 2.89. The summed E-state index contributed by atoms with van der Waals surface area (Å²) in [7, 11) is 1.92. The van der Waals surface area contributed by atoms with Gasteiger partial charge < -0.3 is 29.3 Å². The fraction of sp³-hybridized carbons (Fsp3) is 0.143. The highest BCUT2D eigenvalue weighted by molar-refractivity contribution is 5.93. The largest absolute Gasteiger partial charge is 1.00 e. The standard InChI is InChI=1S/C14H14N2O.HI/c1-16-9-7-13(8-10-16)14(17)15-11-12-5-3-2-4-6-12;/h2-10H,11H2,1H3;1H. The maximum absolute atomic E-state index is 11.8. The number of benzene rings is 1. The third-order valence-corrected chi connectivity index (χ3v) is 2.54. The molecule has 2 rings (SSSR count). The predicted octanol–water partition coefficient (Wildman–Crippen LogP) is -1.55. The fourth-order valence-corrected chi connectivity index (χ4v) is 1.53. The smallest absolute Gasteiger partial charge is 0.252 e. The summed E-state index contributed by atoms with van der Waals surface area (Å²) in [6, 6.07) is 13.5. The normalized spacial score (nSPS) is 9.39. The number of carbonyl (C=O) groups is 1. The summed E-state index contributed by atoms with van der Waals surface area (Å²) in [5.41, 5.74) is 1.78. The molecule has 1 N–H and O–H groups in total. The average molecular weight is 354 g/mol. The zero-order valence-electron chi connectivity index (χ0n) is 10.1. The summed E-state index contributed by atoms with van der Waals surface area (Å²) in [4.78, 5) is 11.8. The van der Waals surface area contributed by atoms with Crippen molar-refractivity contribution in [2.45, 2.75) is 6.54 Å². The van der Waals surface area contributed by atoms with Gasteiger partial charge in [-0.2, -0.15) is 0 Å². The Morgan fingerprint density at radius 1 is 1.11 bits per heavy atom. The molecule has 3 nitrogen and oxygen atoms in total. The van der Waals surface area contributed by atoms with Crippen LogP contribution in [-0.2, 0) is 13.6 Å². The van der Waals surface area contributed by atoms with E-state index in [1.807, 2.05) is 54.3 Å². The van der Waals surface area contributed by atoms with Crippen molar-refractivity contribution in [1.82, 2.24) is 5.32 Å². The highest BCUT2D eigenvalue weighted by Gasteiger charge is 2.06. The Kier molecular flexibility index (Phi) is 5.77. The molecule has 0 aliphatic heterocycles. The number of hydrogen-bond acceptors (Lipinski definition) is 1. The van der Waals surface area contributed by atoms with Crippen molar-refractivity contribution < 1.29 is 33.3 Å². The number of nitrogens with one attached hydrogen (secondary N) is 1. The molecule has 0 atom stereocenters. The Bertz CT molecular complexity index is 497. The van der Waals surface area contributed by atoms with Gasteiger partial charge in [0.15, 0.2) is 12.4 Å². The molecule has 0 unspecified atom stereocenters. The molecule has 94 valence electrons. The second-order valence-corrected chi connectivity index (χ2v) is 3.92. The molecule has 18 heavy (non-hydrogen) atoms. The zero-order valence-corrected chi connectivity index (χ0v) is 12.3. The molecule has 0 fully saturated rings. The van der Waals surface area contributed by atoms with Gasteiger partial charge in [-0.1, -0.05) is 30.3 Å². The maximum atomic E-state index is 11.8. The first-order chi connectivity index (χ1) is 8.25. The van der Waals surface area contributed by atoms with E-state index in [1.165, 1.54) is 0 Å². The maximum Gasteiger partial charge on any atom is 0.252 e. The zero-order chi connectivity index (χ0) is 12.1. The highest BCUT2D eigenvalue weighted by atomic mass is 127. The lowest BCUT2D eigenvalue weighted by Crippen LogP contribution is -3.00. The second kappa shape index (κ2) is 7.10. The van der Waals surface area contributed by atoms with Crippen LogP contribution < -0.4 is 33.9 Å². The van der Waals surface area contributed by atoms with Crippen LogP contribution in [0.1, 0.15) is 15.9 Å². The van der Waals surface area contributed by atoms with Crippen molar-refractivity contribution in [3.05, 3.63) is 66.0 Å². The SMILES string of the molecule is C[n+]1ccc(C(=O)NCc2ccccc2)cc1.[I-]. The number of aromatic nitrogens is 1. The van der Waals surface area contributed by atoms with E-state index in [9.17, 15) is 4.79 Å². The Hall–Kier alpha value is -1.43. The van der Waals surface area contributed by atoms with Gasteiger partial charge in [-0.25, -0.2) is 4.57 Å². The number of hydrogen-bond donors (Lipinski definition) is 1. The first kappa shape index (κ1) is 14.6. The van der Waals surface area contributed by atoms with Crippen LogP contribution in [-0.4, -0.2) is 5.91 Å². The van der Waals surface area contributed by atoms with Crippen LogP contribution in [0.4, 0.5) is 0 Å². The topological polar surface area (TPSA) is 33.0 Å². The fourth-order valence-electron chi connectivity index (χ4n) is 1.53. The molecule has 0 radical (unpaired) electrons.